The highest BCUT2D eigenvalue weighted by atomic mass is 35.5. The summed E-state index contributed by atoms with van der Waals surface area (Å²) in [4.78, 5) is 35.8. The van der Waals surface area contributed by atoms with Gasteiger partial charge >= 0.3 is 5.97 Å². The van der Waals surface area contributed by atoms with Gasteiger partial charge in [-0.2, -0.15) is 0 Å². The van der Waals surface area contributed by atoms with Crippen molar-refractivity contribution < 1.29 is 19.5 Å². The largest absolute Gasteiger partial charge is 0.481 e. The van der Waals surface area contributed by atoms with Gasteiger partial charge in [0.15, 0.2) is 0 Å². The lowest BCUT2D eigenvalue weighted by molar-refractivity contribution is -0.141. The Bertz CT molecular complexity index is 576. The highest BCUT2D eigenvalue weighted by molar-refractivity contribution is 6.30. The van der Waals surface area contributed by atoms with E-state index in [1.165, 1.54) is 4.90 Å². The van der Waals surface area contributed by atoms with E-state index in [0.29, 0.717) is 17.1 Å². The second-order valence-electron chi connectivity index (χ2n) is 4.85. The van der Waals surface area contributed by atoms with Crippen molar-refractivity contribution in [3.05, 3.63) is 34.9 Å². The molecule has 0 aromatic heterocycles. The molecular weight excluding hydrogens is 296 g/mol. The van der Waals surface area contributed by atoms with Crippen molar-refractivity contribution in [1.82, 2.24) is 10.2 Å². The number of rotatable bonds is 5. The van der Waals surface area contributed by atoms with Crippen LogP contribution >= 0.6 is 11.6 Å². The van der Waals surface area contributed by atoms with Gasteiger partial charge in [-0.1, -0.05) is 17.7 Å². The van der Waals surface area contributed by atoms with E-state index in [1.807, 2.05) is 0 Å². The number of hydrogen-bond acceptors (Lipinski definition) is 3. The highest BCUT2D eigenvalue weighted by Gasteiger charge is 2.33. The first-order chi connectivity index (χ1) is 9.97. The molecule has 1 heterocycles. The van der Waals surface area contributed by atoms with Gasteiger partial charge in [-0.05, 0) is 18.2 Å². The predicted molar refractivity (Wildman–Crippen MR) is 76.1 cm³/mol. The van der Waals surface area contributed by atoms with Crippen LogP contribution in [0.2, 0.25) is 5.02 Å². The fourth-order valence-electron chi connectivity index (χ4n) is 2.19. The molecular formula is C14H15ClN2O4. The summed E-state index contributed by atoms with van der Waals surface area (Å²) in [6, 6.07) is 6.55. The molecule has 7 heteroatoms. The van der Waals surface area contributed by atoms with E-state index < -0.39 is 11.9 Å². The van der Waals surface area contributed by atoms with Gasteiger partial charge in [0.2, 0.25) is 5.91 Å². The molecule has 2 rings (SSSR count). The van der Waals surface area contributed by atoms with Crippen LogP contribution in [0, 0.1) is 5.92 Å². The maximum absolute atomic E-state index is 11.9. The number of carboxylic acids is 1. The Kier molecular flexibility index (Phi) is 4.80. The lowest BCUT2D eigenvalue weighted by atomic mass is 10.1. The first-order valence-corrected chi connectivity index (χ1v) is 6.89. The second kappa shape index (κ2) is 6.58. The van der Waals surface area contributed by atoms with Gasteiger partial charge in [0.25, 0.3) is 5.91 Å². The minimum Gasteiger partial charge on any atom is -0.481 e. The number of likely N-dealkylation sites (tertiary alicyclic amines) is 1. The monoisotopic (exact) mass is 310 g/mol. The molecule has 1 atom stereocenters. The van der Waals surface area contributed by atoms with E-state index in [0.717, 1.165) is 0 Å². The Balaban J connectivity index is 1.81. The third kappa shape index (κ3) is 3.95. The SMILES string of the molecule is O=C(NCCN1CC(C(=O)O)CC1=O)c1cccc(Cl)c1. The first-order valence-electron chi connectivity index (χ1n) is 6.51. The smallest absolute Gasteiger partial charge is 0.308 e. The number of amides is 2. The summed E-state index contributed by atoms with van der Waals surface area (Å²) in [6.45, 7) is 0.763. The molecule has 1 saturated heterocycles. The van der Waals surface area contributed by atoms with Gasteiger partial charge in [-0.3, -0.25) is 14.4 Å². The summed E-state index contributed by atoms with van der Waals surface area (Å²) < 4.78 is 0. The number of hydrogen-bond donors (Lipinski definition) is 2. The Morgan fingerprint density at radius 2 is 2.19 bits per heavy atom. The zero-order valence-corrected chi connectivity index (χ0v) is 12.0. The molecule has 0 saturated carbocycles. The van der Waals surface area contributed by atoms with Crippen molar-refractivity contribution in [3.63, 3.8) is 0 Å². The van der Waals surface area contributed by atoms with Crippen molar-refractivity contribution in [2.24, 2.45) is 5.92 Å². The highest BCUT2D eigenvalue weighted by Crippen LogP contribution is 2.17. The van der Waals surface area contributed by atoms with Crippen LogP contribution in [0.25, 0.3) is 0 Å². The Labute approximate surface area is 126 Å². The maximum Gasteiger partial charge on any atom is 0.308 e. The molecule has 1 unspecified atom stereocenters. The molecule has 6 nitrogen and oxygen atoms in total. The summed E-state index contributed by atoms with van der Waals surface area (Å²) in [6.07, 6.45) is 0.0254. The van der Waals surface area contributed by atoms with Crippen LogP contribution < -0.4 is 5.32 Å². The molecule has 1 fully saturated rings. The molecule has 1 aromatic carbocycles. The number of carboxylic acid groups (broad SMARTS) is 1. The topological polar surface area (TPSA) is 86.7 Å². The quantitative estimate of drug-likeness (QED) is 0.849. The zero-order chi connectivity index (χ0) is 15.4. The van der Waals surface area contributed by atoms with E-state index >= 15 is 0 Å². The lowest BCUT2D eigenvalue weighted by Gasteiger charge is -2.16. The third-order valence-corrected chi connectivity index (χ3v) is 3.55. The average molecular weight is 311 g/mol. The molecule has 1 aliphatic rings. The van der Waals surface area contributed by atoms with Crippen LogP contribution in [0.1, 0.15) is 16.8 Å². The molecule has 1 aromatic rings. The maximum atomic E-state index is 11.9. The van der Waals surface area contributed by atoms with Gasteiger partial charge in [-0.25, -0.2) is 0 Å². The molecule has 2 amide bonds. The predicted octanol–water partition coefficient (Wildman–Crippen LogP) is 1.00. The number of benzene rings is 1. The Hall–Kier alpha value is -2.08. The first kappa shape index (κ1) is 15.3. The zero-order valence-electron chi connectivity index (χ0n) is 11.2. The third-order valence-electron chi connectivity index (χ3n) is 3.32. The lowest BCUT2D eigenvalue weighted by Crippen LogP contribution is -2.36. The van der Waals surface area contributed by atoms with Crippen molar-refractivity contribution >= 4 is 29.4 Å². The summed E-state index contributed by atoms with van der Waals surface area (Å²) in [5, 5.41) is 12.0. The molecule has 21 heavy (non-hydrogen) atoms. The summed E-state index contributed by atoms with van der Waals surface area (Å²) in [5.41, 5.74) is 0.443. The number of aliphatic carboxylic acids is 1. The average Bonchev–Trinajstić information content (AvgIpc) is 2.80. The number of nitrogens with one attached hydrogen (secondary N) is 1. The number of carbonyl (C=O) groups is 3. The van der Waals surface area contributed by atoms with Crippen LogP contribution in [0.5, 0.6) is 0 Å². The molecule has 1 aliphatic heterocycles. The summed E-state index contributed by atoms with van der Waals surface area (Å²) in [5.74, 6) is -2.09. The Morgan fingerprint density at radius 3 is 2.81 bits per heavy atom. The minimum atomic E-state index is -0.964. The molecule has 2 N–H and O–H groups in total. The van der Waals surface area contributed by atoms with Crippen LogP contribution in [0.15, 0.2) is 24.3 Å². The fourth-order valence-corrected chi connectivity index (χ4v) is 2.38. The van der Waals surface area contributed by atoms with Crippen LogP contribution in [0.3, 0.4) is 0 Å². The van der Waals surface area contributed by atoms with E-state index in [1.54, 1.807) is 24.3 Å². The molecule has 0 aliphatic carbocycles. The second-order valence-corrected chi connectivity index (χ2v) is 5.28. The number of nitrogens with zero attached hydrogens (tertiary/aromatic N) is 1. The molecule has 112 valence electrons. The van der Waals surface area contributed by atoms with Crippen molar-refractivity contribution in [3.8, 4) is 0 Å². The minimum absolute atomic E-state index is 0.0254. The van der Waals surface area contributed by atoms with Gasteiger partial charge in [0.05, 0.1) is 5.92 Å². The van der Waals surface area contributed by atoms with Crippen LogP contribution in [-0.2, 0) is 9.59 Å². The molecule has 0 radical (unpaired) electrons. The standard InChI is InChI=1S/C14H15ClN2O4/c15-11-3-1-2-9(6-11)13(19)16-4-5-17-8-10(14(20)21)7-12(17)18/h1-3,6,10H,4-5,7-8H2,(H,16,19)(H,20,21). The fraction of sp³-hybridized carbons (Fsp3) is 0.357. The van der Waals surface area contributed by atoms with Crippen LogP contribution in [0.4, 0.5) is 0 Å². The van der Waals surface area contributed by atoms with Gasteiger partial charge in [0, 0.05) is 36.6 Å². The van der Waals surface area contributed by atoms with Crippen molar-refractivity contribution in [1.29, 1.82) is 0 Å². The number of halogens is 1. The van der Waals surface area contributed by atoms with Crippen LogP contribution in [-0.4, -0.2) is 47.4 Å². The normalized spacial score (nSPS) is 17.9. The Morgan fingerprint density at radius 1 is 1.43 bits per heavy atom. The van der Waals surface area contributed by atoms with Gasteiger partial charge in [0.1, 0.15) is 0 Å². The van der Waals surface area contributed by atoms with E-state index in [9.17, 15) is 14.4 Å². The number of carbonyl (C=O) groups excluding carboxylic acids is 2. The molecule has 0 spiro atoms. The summed E-state index contributed by atoms with van der Waals surface area (Å²) in [7, 11) is 0. The van der Waals surface area contributed by atoms with E-state index in [4.69, 9.17) is 16.7 Å². The van der Waals surface area contributed by atoms with Gasteiger partial charge < -0.3 is 15.3 Å². The van der Waals surface area contributed by atoms with Gasteiger partial charge in [-0.15, -0.1) is 0 Å². The van der Waals surface area contributed by atoms with Crippen molar-refractivity contribution in [2.75, 3.05) is 19.6 Å². The van der Waals surface area contributed by atoms with E-state index in [-0.39, 0.29) is 31.3 Å². The van der Waals surface area contributed by atoms with Crippen molar-refractivity contribution in [2.45, 2.75) is 6.42 Å². The summed E-state index contributed by atoms with van der Waals surface area (Å²) >= 11 is 5.80. The van der Waals surface area contributed by atoms with E-state index in [2.05, 4.69) is 5.32 Å². The molecule has 0 bridgehead atoms.